The number of para-hydroxylation sites is 1. The van der Waals surface area contributed by atoms with Crippen molar-refractivity contribution in [1.29, 1.82) is 0 Å². The van der Waals surface area contributed by atoms with E-state index in [1.54, 1.807) is 6.26 Å². The quantitative estimate of drug-likeness (QED) is 0.598. The average Bonchev–Trinajstić information content (AvgIpc) is 3.43. The number of hydrogen-bond donors (Lipinski definition) is 1. The van der Waals surface area contributed by atoms with Crippen molar-refractivity contribution in [3.8, 4) is 5.69 Å². The van der Waals surface area contributed by atoms with E-state index in [2.05, 4.69) is 25.0 Å². The smallest absolute Gasteiger partial charge is 0.233 e. The summed E-state index contributed by atoms with van der Waals surface area (Å²) in [5, 5.41) is 12.2. The highest BCUT2D eigenvalue weighted by Crippen LogP contribution is 2.30. The maximum atomic E-state index is 12.6. The zero-order chi connectivity index (χ0) is 20.1. The van der Waals surface area contributed by atoms with Gasteiger partial charge in [0.05, 0.1) is 23.7 Å². The monoisotopic (exact) mass is 411 g/mol. The number of hydrogen-bond acceptors (Lipinski definition) is 6. The molecule has 0 radical (unpaired) electrons. The molecule has 1 amide bonds. The summed E-state index contributed by atoms with van der Waals surface area (Å²) < 4.78 is 7.34. The molecular formula is C21H25N5O2S. The van der Waals surface area contributed by atoms with Gasteiger partial charge in [0.25, 0.3) is 0 Å². The molecule has 8 heteroatoms. The molecule has 3 aromatic rings. The number of anilines is 1. The van der Waals surface area contributed by atoms with E-state index in [1.807, 2.05) is 49.4 Å². The van der Waals surface area contributed by atoms with Gasteiger partial charge in [-0.15, -0.1) is 10.2 Å². The van der Waals surface area contributed by atoms with Crippen LogP contribution in [0.3, 0.4) is 0 Å². The van der Waals surface area contributed by atoms with Crippen LogP contribution in [0.2, 0.25) is 0 Å². The van der Waals surface area contributed by atoms with Crippen LogP contribution in [-0.2, 0) is 11.3 Å². The zero-order valence-electron chi connectivity index (χ0n) is 16.5. The summed E-state index contributed by atoms with van der Waals surface area (Å²) in [5.41, 5.74) is 1.00. The first-order valence-electron chi connectivity index (χ1n) is 9.95. The molecule has 4 rings (SSSR count). The molecular weight excluding hydrogens is 386 g/mol. The van der Waals surface area contributed by atoms with Gasteiger partial charge in [-0.25, -0.2) is 0 Å². The van der Waals surface area contributed by atoms with Crippen molar-refractivity contribution in [1.82, 2.24) is 20.1 Å². The number of amides is 1. The normalized spacial score (nSPS) is 15.3. The Morgan fingerprint density at radius 2 is 1.93 bits per heavy atom. The third kappa shape index (κ3) is 4.64. The highest BCUT2D eigenvalue weighted by Gasteiger charge is 2.24. The first-order valence-corrected chi connectivity index (χ1v) is 10.8. The Labute approximate surface area is 174 Å². The van der Waals surface area contributed by atoms with Crippen molar-refractivity contribution < 1.29 is 9.21 Å². The highest BCUT2D eigenvalue weighted by molar-refractivity contribution is 8.00. The first kappa shape index (κ1) is 19.6. The molecule has 1 saturated heterocycles. The van der Waals surface area contributed by atoms with Crippen LogP contribution in [0.1, 0.15) is 31.9 Å². The Bertz CT molecular complexity index is 920. The molecule has 0 aliphatic carbocycles. The van der Waals surface area contributed by atoms with Gasteiger partial charge in [-0.1, -0.05) is 30.0 Å². The van der Waals surface area contributed by atoms with Crippen LogP contribution in [0.4, 0.5) is 5.95 Å². The Morgan fingerprint density at radius 1 is 1.14 bits per heavy atom. The van der Waals surface area contributed by atoms with Gasteiger partial charge in [0.1, 0.15) is 5.76 Å². The summed E-state index contributed by atoms with van der Waals surface area (Å²) in [7, 11) is 0. The molecule has 0 spiro atoms. The minimum Gasteiger partial charge on any atom is -0.467 e. The van der Waals surface area contributed by atoms with Crippen molar-refractivity contribution in [2.75, 3.05) is 18.0 Å². The van der Waals surface area contributed by atoms with Gasteiger partial charge in [-0.3, -0.25) is 9.36 Å². The van der Waals surface area contributed by atoms with Crippen LogP contribution in [0.5, 0.6) is 0 Å². The lowest BCUT2D eigenvalue weighted by Gasteiger charge is -2.28. The lowest BCUT2D eigenvalue weighted by Crippen LogP contribution is -2.32. The van der Waals surface area contributed by atoms with Crippen molar-refractivity contribution in [2.45, 2.75) is 43.1 Å². The van der Waals surface area contributed by atoms with Crippen LogP contribution in [0, 0.1) is 0 Å². The summed E-state index contributed by atoms with van der Waals surface area (Å²) >= 11 is 1.42. The summed E-state index contributed by atoms with van der Waals surface area (Å²) in [6, 6.07) is 13.7. The van der Waals surface area contributed by atoms with Gasteiger partial charge in [0.2, 0.25) is 11.9 Å². The molecule has 152 valence electrons. The predicted molar refractivity (Wildman–Crippen MR) is 113 cm³/mol. The number of aromatic nitrogens is 3. The van der Waals surface area contributed by atoms with Gasteiger partial charge < -0.3 is 14.6 Å². The van der Waals surface area contributed by atoms with E-state index in [9.17, 15) is 4.79 Å². The fourth-order valence-electron chi connectivity index (χ4n) is 3.38. The van der Waals surface area contributed by atoms with Gasteiger partial charge in [0.15, 0.2) is 5.16 Å². The number of carbonyl (C=O) groups excluding carboxylic acids is 1. The van der Waals surface area contributed by atoms with Gasteiger partial charge in [0, 0.05) is 13.1 Å². The number of nitrogens with zero attached hydrogens (tertiary/aromatic N) is 4. The van der Waals surface area contributed by atoms with Crippen LogP contribution >= 0.6 is 11.8 Å². The maximum absolute atomic E-state index is 12.6. The molecule has 1 N–H and O–H groups in total. The summed E-state index contributed by atoms with van der Waals surface area (Å²) in [6.07, 6.45) is 5.18. The zero-order valence-corrected chi connectivity index (χ0v) is 17.3. The number of rotatable bonds is 7. The van der Waals surface area contributed by atoms with Crippen molar-refractivity contribution in [3.05, 3.63) is 54.5 Å². The number of benzene rings is 1. The minimum absolute atomic E-state index is 0.0615. The molecule has 1 atom stereocenters. The van der Waals surface area contributed by atoms with Crippen LogP contribution < -0.4 is 10.2 Å². The fourth-order valence-corrected chi connectivity index (χ4v) is 4.27. The maximum Gasteiger partial charge on any atom is 0.233 e. The van der Waals surface area contributed by atoms with Crippen molar-refractivity contribution in [2.24, 2.45) is 0 Å². The van der Waals surface area contributed by atoms with E-state index in [-0.39, 0.29) is 11.2 Å². The second kappa shape index (κ2) is 9.17. The van der Waals surface area contributed by atoms with E-state index < -0.39 is 0 Å². The number of carbonyl (C=O) groups is 1. The summed E-state index contributed by atoms with van der Waals surface area (Å²) in [6.45, 7) is 4.22. The number of nitrogens with one attached hydrogen (secondary N) is 1. The van der Waals surface area contributed by atoms with Crippen LogP contribution in [0.25, 0.3) is 5.69 Å². The van der Waals surface area contributed by atoms with Crippen molar-refractivity contribution in [3.63, 3.8) is 0 Å². The molecule has 2 aromatic heterocycles. The molecule has 0 bridgehead atoms. The molecule has 0 saturated carbocycles. The van der Waals surface area contributed by atoms with Gasteiger partial charge >= 0.3 is 0 Å². The summed E-state index contributed by atoms with van der Waals surface area (Å²) in [5.74, 6) is 1.52. The highest BCUT2D eigenvalue weighted by atomic mass is 32.2. The Kier molecular flexibility index (Phi) is 6.19. The van der Waals surface area contributed by atoms with E-state index in [4.69, 9.17) is 4.42 Å². The Morgan fingerprint density at radius 3 is 2.66 bits per heavy atom. The Hall–Kier alpha value is -2.74. The van der Waals surface area contributed by atoms with Gasteiger partial charge in [-0.2, -0.15) is 0 Å². The number of thioether (sulfide) groups is 1. The van der Waals surface area contributed by atoms with Crippen LogP contribution in [-0.4, -0.2) is 39.0 Å². The van der Waals surface area contributed by atoms with E-state index in [0.29, 0.717) is 6.54 Å². The minimum atomic E-state index is -0.314. The average molecular weight is 412 g/mol. The lowest BCUT2D eigenvalue weighted by atomic mass is 10.1. The van der Waals surface area contributed by atoms with Gasteiger partial charge in [-0.05, 0) is 50.5 Å². The SMILES string of the molecule is C[C@@H](Sc1nnc(N2CCCCC2)n1-c1ccccc1)C(=O)NCc1ccco1. The molecule has 1 aliphatic heterocycles. The standard InChI is InChI=1S/C21H25N5O2S/c1-16(19(27)22-15-18-11-8-14-28-18)29-21-24-23-20(25-12-6-3-7-13-25)26(21)17-9-4-2-5-10-17/h2,4-5,8-11,14,16H,3,6-7,12-13,15H2,1H3,(H,22,27)/t16-/m1/s1. The van der Waals surface area contributed by atoms with E-state index in [0.717, 1.165) is 48.5 Å². The number of piperidine rings is 1. The topological polar surface area (TPSA) is 76.2 Å². The molecule has 29 heavy (non-hydrogen) atoms. The first-order chi connectivity index (χ1) is 14.2. The largest absolute Gasteiger partial charge is 0.467 e. The second-order valence-corrected chi connectivity index (χ2v) is 8.37. The molecule has 1 fully saturated rings. The van der Waals surface area contributed by atoms with E-state index >= 15 is 0 Å². The Balaban J connectivity index is 1.53. The summed E-state index contributed by atoms with van der Waals surface area (Å²) in [4.78, 5) is 14.8. The molecule has 0 unspecified atom stereocenters. The second-order valence-electron chi connectivity index (χ2n) is 7.06. The predicted octanol–water partition coefficient (Wildman–Crippen LogP) is 3.65. The lowest BCUT2D eigenvalue weighted by molar-refractivity contribution is -0.120. The third-order valence-electron chi connectivity index (χ3n) is 4.94. The molecule has 1 aliphatic rings. The van der Waals surface area contributed by atoms with Crippen molar-refractivity contribution >= 4 is 23.6 Å². The van der Waals surface area contributed by atoms with Crippen LogP contribution in [0.15, 0.2) is 58.3 Å². The number of furan rings is 1. The fraction of sp³-hybridized carbons (Fsp3) is 0.381. The molecule has 3 heterocycles. The molecule has 1 aromatic carbocycles. The third-order valence-corrected chi connectivity index (χ3v) is 5.98. The van der Waals surface area contributed by atoms with E-state index in [1.165, 1.54) is 18.2 Å². The molecule has 7 nitrogen and oxygen atoms in total.